The van der Waals surface area contributed by atoms with Crippen LogP contribution in [0.1, 0.15) is 36.4 Å². The fraction of sp³-hybridized carbons (Fsp3) is 0.273. The lowest BCUT2D eigenvalue weighted by atomic mass is 9.85. The first-order chi connectivity index (χ1) is 15.6. The van der Waals surface area contributed by atoms with Crippen LogP contribution in [0.5, 0.6) is 0 Å². The van der Waals surface area contributed by atoms with Crippen molar-refractivity contribution in [3.05, 3.63) is 75.0 Å². The topological polar surface area (TPSA) is 92.5 Å². The molecule has 1 aliphatic carbocycles. The van der Waals surface area contributed by atoms with Crippen molar-refractivity contribution in [3.63, 3.8) is 0 Å². The number of alkyl halides is 4. The van der Waals surface area contributed by atoms with Crippen molar-refractivity contribution in [2.75, 3.05) is 16.1 Å². The van der Waals surface area contributed by atoms with Crippen LogP contribution in [0.25, 0.3) is 0 Å². The smallest absolute Gasteiger partial charge is 0.357 e. The van der Waals surface area contributed by atoms with Gasteiger partial charge < -0.3 is 5.32 Å². The van der Waals surface area contributed by atoms with Gasteiger partial charge in [-0.3, -0.25) is 24.6 Å². The Hall–Kier alpha value is -3.40. The molecule has 1 heterocycles. The van der Waals surface area contributed by atoms with Gasteiger partial charge in [-0.1, -0.05) is 12.1 Å². The third-order valence-electron chi connectivity index (χ3n) is 5.66. The summed E-state index contributed by atoms with van der Waals surface area (Å²) in [5.41, 5.74) is 0.376. The second-order valence-corrected chi connectivity index (χ2v) is 7.94. The van der Waals surface area contributed by atoms with Crippen molar-refractivity contribution in [1.29, 1.82) is 0 Å². The lowest BCUT2D eigenvalue weighted by Crippen LogP contribution is -2.38. The second kappa shape index (κ2) is 8.51. The molecule has 4 rings (SSSR count). The molecule has 1 aliphatic heterocycles. The van der Waals surface area contributed by atoms with Gasteiger partial charge in [-0.15, -0.1) is 11.6 Å². The number of non-ortho nitro benzene ring substituents is 1. The normalized spacial score (nSPS) is 18.2. The number of allylic oxidation sites excluding steroid dienone is 1. The van der Waals surface area contributed by atoms with Gasteiger partial charge >= 0.3 is 6.18 Å². The van der Waals surface area contributed by atoms with E-state index in [1.54, 1.807) is 0 Å². The number of benzene rings is 2. The molecule has 172 valence electrons. The largest absolute Gasteiger partial charge is 0.416 e. The average molecular weight is 480 g/mol. The van der Waals surface area contributed by atoms with Gasteiger partial charge in [-0.2, -0.15) is 13.2 Å². The Morgan fingerprint density at radius 2 is 1.88 bits per heavy atom. The van der Waals surface area contributed by atoms with Crippen molar-refractivity contribution in [1.82, 2.24) is 0 Å². The van der Waals surface area contributed by atoms with E-state index >= 15 is 0 Å². The molecule has 0 radical (unpaired) electrons. The maximum Gasteiger partial charge on any atom is 0.416 e. The number of ketones is 1. The summed E-state index contributed by atoms with van der Waals surface area (Å²) in [6, 6.07) is 7.02. The van der Waals surface area contributed by atoms with Crippen molar-refractivity contribution in [2.45, 2.75) is 31.5 Å². The van der Waals surface area contributed by atoms with E-state index in [2.05, 4.69) is 5.32 Å². The number of nitrogens with zero attached hydrogens (tertiary/aromatic N) is 2. The Balaban J connectivity index is 1.96. The van der Waals surface area contributed by atoms with E-state index in [0.717, 1.165) is 12.1 Å². The van der Waals surface area contributed by atoms with Gasteiger partial charge in [0.1, 0.15) is 5.88 Å². The fourth-order valence-electron chi connectivity index (χ4n) is 4.20. The number of hydrogen-bond acceptors (Lipinski definition) is 5. The Labute approximate surface area is 191 Å². The summed E-state index contributed by atoms with van der Waals surface area (Å²) in [4.78, 5) is 38.0. The summed E-state index contributed by atoms with van der Waals surface area (Å²) < 4.78 is 39.3. The molecule has 1 unspecified atom stereocenters. The van der Waals surface area contributed by atoms with Gasteiger partial charge in [-0.05, 0) is 36.6 Å². The quantitative estimate of drug-likeness (QED) is 0.363. The van der Waals surface area contributed by atoms with Gasteiger partial charge in [0.2, 0.25) is 5.91 Å². The van der Waals surface area contributed by atoms with E-state index in [4.69, 9.17) is 11.6 Å². The van der Waals surface area contributed by atoms with Gasteiger partial charge in [0.15, 0.2) is 5.78 Å². The standard InChI is InChI=1S/C22H17ClF3N3O4/c23-11-19(31)28-17-9-8-14(29(32)33)10-16(17)27-15-2-1-3-18(30)20(15)21(28)12-4-6-13(7-5-12)22(24,25)26/h4-10,21,27H,1-3,11H2. The van der Waals surface area contributed by atoms with E-state index in [0.29, 0.717) is 18.5 Å². The summed E-state index contributed by atoms with van der Waals surface area (Å²) in [5, 5.41) is 14.4. The van der Waals surface area contributed by atoms with Crippen LogP contribution in [0.15, 0.2) is 53.7 Å². The third kappa shape index (κ3) is 4.18. The molecule has 0 saturated carbocycles. The second-order valence-electron chi connectivity index (χ2n) is 7.67. The number of nitro benzene ring substituents is 1. The number of amides is 1. The zero-order chi connectivity index (χ0) is 23.9. The summed E-state index contributed by atoms with van der Waals surface area (Å²) >= 11 is 5.87. The zero-order valence-electron chi connectivity index (χ0n) is 17.0. The Morgan fingerprint density at radius 3 is 2.48 bits per heavy atom. The summed E-state index contributed by atoms with van der Waals surface area (Å²) in [5.74, 6) is -1.33. The minimum absolute atomic E-state index is 0.205. The Bertz CT molecular complexity index is 1180. The molecule has 1 atom stereocenters. The third-order valence-corrected chi connectivity index (χ3v) is 5.89. The highest BCUT2D eigenvalue weighted by atomic mass is 35.5. The van der Waals surface area contributed by atoms with E-state index in [-0.39, 0.29) is 40.4 Å². The first-order valence-corrected chi connectivity index (χ1v) is 10.5. The first-order valence-electron chi connectivity index (χ1n) is 9.98. The van der Waals surface area contributed by atoms with Gasteiger partial charge in [-0.25, -0.2) is 0 Å². The Morgan fingerprint density at radius 1 is 1.18 bits per heavy atom. The van der Waals surface area contributed by atoms with Gasteiger partial charge in [0.05, 0.1) is 27.9 Å². The molecule has 11 heteroatoms. The highest BCUT2D eigenvalue weighted by molar-refractivity contribution is 6.30. The molecule has 0 aromatic heterocycles. The molecular weight excluding hydrogens is 463 g/mol. The van der Waals surface area contributed by atoms with Gasteiger partial charge in [0, 0.05) is 29.8 Å². The molecule has 0 saturated heterocycles. The summed E-state index contributed by atoms with van der Waals surface area (Å²) in [7, 11) is 0. The van der Waals surface area contributed by atoms with Gasteiger partial charge in [0.25, 0.3) is 5.69 Å². The number of Topliss-reactive ketones (excluding diaryl/α,β-unsaturated/α-hetero) is 1. The summed E-state index contributed by atoms with van der Waals surface area (Å²) in [6.07, 6.45) is -3.38. The van der Waals surface area contributed by atoms with Crippen LogP contribution in [0, 0.1) is 10.1 Å². The molecule has 2 aliphatic rings. The van der Waals surface area contributed by atoms with Crippen LogP contribution in [-0.4, -0.2) is 22.5 Å². The summed E-state index contributed by atoms with van der Waals surface area (Å²) in [6.45, 7) is 0. The molecule has 0 bridgehead atoms. The van der Waals surface area contributed by atoms with Crippen LogP contribution < -0.4 is 10.2 Å². The first kappa shape index (κ1) is 22.8. The minimum atomic E-state index is -4.55. The number of carbonyl (C=O) groups excluding carboxylic acids is 2. The number of anilines is 2. The SMILES string of the molecule is O=C1CCCC2=C1C(c1ccc(C(F)(F)F)cc1)N(C(=O)CCl)c1ccc([N+](=O)[O-])cc1N2. The molecule has 33 heavy (non-hydrogen) atoms. The van der Waals surface area contributed by atoms with Crippen molar-refractivity contribution < 1.29 is 27.7 Å². The number of fused-ring (bicyclic) bond motifs is 1. The minimum Gasteiger partial charge on any atom is -0.357 e. The van der Waals surface area contributed by atoms with E-state index in [1.165, 1.54) is 35.2 Å². The molecule has 7 nitrogen and oxygen atoms in total. The molecule has 1 amide bonds. The number of carbonyl (C=O) groups is 2. The number of halogens is 4. The molecular formula is C22H17ClF3N3O4. The highest BCUT2D eigenvalue weighted by Gasteiger charge is 2.40. The maximum absolute atomic E-state index is 13.1. The van der Waals surface area contributed by atoms with Crippen molar-refractivity contribution >= 4 is 40.4 Å². The van der Waals surface area contributed by atoms with E-state index in [9.17, 15) is 32.9 Å². The highest BCUT2D eigenvalue weighted by Crippen LogP contribution is 2.46. The van der Waals surface area contributed by atoms with E-state index in [1.807, 2.05) is 0 Å². The van der Waals surface area contributed by atoms with Crippen LogP contribution >= 0.6 is 11.6 Å². The fourth-order valence-corrected chi connectivity index (χ4v) is 4.33. The molecule has 2 aromatic carbocycles. The molecule has 2 aromatic rings. The molecule has 0 fully saturated rings. The van der Waals surface area contributed by atoms with Crippen LogP contribution in [0.2, 0.25) is 0 Å². The predicted molar refractivity (Wildman–Crippen MR) is 115 cm³/mol. The lowest BCUT2D eigenvalue weighted by molar-refractivity contribution is -0.384. The van der Waals surface area contributed by atoms with Crippen LogP contribution in [-0.2, 0) is 15.8 Å². The number of nitro groups is 1. The van der Waals surface area contributed by atoms with Crippen molar-refractivity contribution in [2.24, 2.45) is 0 Å². The monoisotopic (exact) mass is 479 g/mol. The predicted octanol–water partition coefficient (Wildman–Crippen LogP) is 5.36. The number of hydrogen-bond donors (Lipinski definition) is 1. The molecule has 1 N–H and O–H groups in total. The average Bonchev–Trinajstić information content (AvgIpc) is 2.92. The lowest BCUT2D eigenvalue weighted by Gasteiger charge is -2.33. The zero-order valence-corrected chi connectivity index (χ0v) is 17.7. The van der Waals surface area contributed by atoms with Crippen LogP contribution in [0.3, 0.4) is 0 Å². The van der Waals surface area contributed by atoms with Crippen LogP contribution in [0.4, 0.5) is 30.2 Å². The Kier molecular flexibility index (Phi) is 5.87. The number of nitrogens with one attached hydrogen (secondary N) is 1. The number of rotatable bonds is 3. The maximum atomic E-state index is 13.1. The molecule has 0 spiro atoms. The van der Waals surface area contributed by atoms with Crippen molar-refractivity contribution in [3.8, 4) is 0 Å². The van der Waals surface area contributed by atoms with E-state index < -0.39 is 34.5 Å².